The maximum Gasteiger partial charge on any atom is 0.236 e. The average molecular weight is 290 g/mol. The molecule has 2 heterocycles. The summed E-state index contributed by atoms with van der Waals surface area (Å²) in [6, 6.07) is 0. The lowest BCUT2D eigenvalue weighted by Crippen LogP contribution is -2.00. The summed E-state index contributed by atoms with van der Waals surface area (Å²) < 4.78 is 8.09. The Bertz CT molecular complexity index is 408. The minimum Gasteiger partial charge on any atom is -0.424 e. The molecule has 0 fully saturated rings. The highest BCUT2D eigenvalue weighted by Gasteiger charge is 2.04. The van der Waals surface area contributed by atoms with Crippen LogP contribution < -0.4 is 0 Å². The number of hydrogen-bond acceptors (Lipinski definition) is 4. The normalized spacial score (nSPS) is 10.6. The minimum atomic E-state index is 0.582. The van der Waals surface area contributed by atoms with Crippen LogP contribution in [0.25, 0.3) is 0 Å². The Hall–Kier alpha value is -0.920. The first-order chi connectivity index (χ1) is 6.25. The highest BCUT2D eigenvalue weighted by Crippen LogP contribution is 2.05. The smallest absolute Gasteiger partial charge is 0.236 e. The quantitative estimate of drug-likeness (QED) is 0.781. The van der Waals surface area contributed by atoms with E-state index < -0.39 is 0 Å². The van der Waals surface area contributed by atoms with Crippen molar-refractivity contribution >= 4 is 22.6 Å². The molecule has 2 rings (SSSR count). The van der Waals surface area contributed by atoms with Gasteiger partial charge in [-0.2, -0.15) is 0 Å². The van der Waals surface area contributed by atoms with Crippen molar-refractivity contribution in [2.24, 2.45) is 0 Å². The third-order valence-electron chi connectivity index (χ3n) is 1.54. The lowest BCUT2D eigenvalue weighted by Gasteiger charge is -1.97. The molecule has 0 aromatic carbocycles. The van der Waals surface area contributed by atoms with Crippen LogP contribution in [-0.2, 0) is 6.54 Å². The van der Waals surface area contributed by atoms with Gasteiger partial charge in [-0.1, -0.05) is 0 Å². The second-order valence-corrected chi connectivity index (χ2v) is 3.50. The largest absolute Gasteiger partial charge is 0.424 e. The van der Waals surface area contributed by atoms with E-state index in [0.717, 1.165) is 3.83 Å². The van der Waals surface area contributed by atoms with E-state index in [0.29, 0.717) is 18.3 Å². The summed E-state index contributed by atoms with van der Waals surface area (Å²) in [6.45, 7) is 2.36. The molecule has 0 amide bonds. The van der Waals surface area contributed by atoms with Crippen LogP contribution in [0.4, 0.5) is 0 Å². The van der Waals surface area contributed by atoms with Gasteiger partial charge < -0.3 is 8.98 Å². The first-order valence-electron chi connectivity index (χ1n) is 3.71. The zero-order chi connectivity index (χ0) is 9.26. The Labute approximate surface area is 88.3 Å². The summed E-state index contributed by atoms with van der Waals surface area (Å²) in [6.07, 6.45) is 3.62. The molecule has 0 aliphatic rings. The van der Waals surface area contributed by atoms with Crippen molar-refractivity contribution in [3.05, 3.63) is 28.0 Å². The molecule has 0 spiro atoms. The van der Waals surface area contributed by atoms with E-state index in [2.05, 4.69) is 37.8 Å². The van der Waals surface area contributed by atoms with Crippen LogP contribution in [0.2, 0.25) is 0 Å². The van der Waals surface area contributed by atoms with Crippen molar-refractivity contribution < 1.29 is 4.42 Å². The molecular weight excluding hydrogens is 283 g/mol. The molecule has 0 saturated carbocycles. The molecule has 0 bridgehead atoms. The number of imidazole rings is 1. The number of rotatable bonds is 2. The molecule has 0 radical (unpaired) electrons. The number of hydrogen-bond donors (Lipinski definition) is 0. The first kappa shape index (κ1) is 8.67. The lowest BCUT2D eigenvalue weighted by molar-refractivity contribution is 0.452. The predicted molar refractivity (Wildman–Crippen MR) is 53.1 cm³/mol. The number of halogens is 1. The van der Waals surface area contributed by atoms with E-state index in [1.807, 2.05) is 10.8 Å². The molecule has 6 heteroatoms. The van der Waals surface area contributed by atoms with Crippen molar-refractivity contribution in [1.29, 1.82) is 0 Å². The van der Waals surface area contributed by atoms with Gasteiger partial charge in [-0.15, -0.1) is 10.2 Å². The van der Waals surface area contributed by atoms with Gasteiger partial charge in [0.05, 0.1) is 0 Å². The molecule has 0 aliphatic heterocycles. The van der Waals surface area contributed by atoms with Gasteiger partial charge in [-0.05, 0) is 22.6 Å². The van der Waals surface area contributed by atoms with Crippen molar-refractivity contribution in [1.82, 2.24) is 19.7 Å². The Kier molecular flexibility index (Phi) is 2.30. The van der Waals surface area contributed by atoms with Crippen molar-refractivity contribution in [3.63, 3.8) is 0 Å². The molecule has 0 unspecified atom stereocenters. The fraction of sp³-hybridized carbons (Fsp3) is 0.286. The Balaban J connectivity index is 2.19. The van der Waals surface area contributed by atoms with Gasteiger partial charge in [0, 0.05) is 19.3 Å². The molecular formula is C7H7IN4O. The third-order valence-corrected chi connectivity index (χ3v) is 2.44. The van der Waals surface area contributed by atoms with Crippen molar-refractivity contribution in [2.45, 2.75) is 13.5 Å². The highest BCUT2D eigenvalue weighted by atomic mass is 127. The summed E-state index contributed by atoms with van der Waals surface area (Å²) in [7, 11) is 0. The van der Waals surface area contributed by atoms with Gasteiger partial charge in [-0.3, -0.25) is 0 Å². The second kappa shape index (κ2) is 3.44. The summed E-state index contributed by atoms with van der Waals surface area (Å²) in [5.74, 6) is 1.19. The minimum absolute atomic E-state index is 0.582. The van der Waals surface area contributed by atoms with Crippen LogP contribution >= 0.6 is 22.6 Å². The van der Waals surface area contributed by atoms with Crippen LogP contribution in [0.15, 0.2) is 16.8 Å². The van der Waals surface area contributed by atoms with E-state index in [1.54, 1.807) is 13.1 Å². The summed E-state index contributed by atoms with van der Waals surface area (Å²) >= 11 is 2.15. The molecule has 5 nitrogen and oxygen atoms in total. The zero-order valence-electron chi connectivity index (χ0n) is 6.94. The molecule has 0 atom stereocenters. The Morgan fingerprint density at radius 2 is 2.38 bits per heavy atom. The van der Waals surface area contributed by atoms with Gasteiger partial charge >= 0.3 is 0 Å². The maximum absolute atomic E-state index is 5.24. The standard InChI is InChI=1S/C7H7IN4O/c1-5-10-11-6(13-5)4-12-3-2-9-7(12)8/h2-3H,4H2,1H3. The second-order valence-electron chi connectivity index (χ2n) is 2.54. The molecule has 2 aromatic heterocycles. The fourth-order valence-corrected chi connectivity index (χ4v) is 1.47. The van der Waals surface area contributed by atoms with E-state index in [-0.39, 0.29) is 0 Å². The highest BCUT2D eigenvalue weighted by molar-refractivity contribution is 14.1. The monoisotopic (exact) mass is 290 g/mol. The average Bonchev–Trinajstić information content (AvgIpc) is 2.64. The number of aryl methyl sites for hydroxylation is 1. The van der Waals surface area contributed by atoms with Gasteiger partial charge in [0.1, 0.15) is 6.54 Å². The summed E-state index contributed by atoms with van der Waals surface area (Å²) in [5, 5.41) is 7.64. The molecule has 0 aliphatic carbocycles. The zero-order valence-corrected chi connectivity index (χ0v) is 9.09. The van der Waals surface area contributed by atoms with E-state index in [9.17, 15) is 0 Å². The third kappa shape index (κ3) is 1.87. The topological polar surface area (TPSA) is 56.7 Å². The molecule has 0 N–H and O–H groups in total. The van der Waals surface area contributed by atoms with Gasteiger partial charge in [0.25, 0.3) is 0 Å². The Morgan fingerprint density at radius 3 is 2.92 bits per heavy atom. The molecule has 68 valence electrons. The molecule has 13 heavy (non-hydrogen) atoms. The van der Waals surface area contributed by atoms with E-state index in [1.165, 1.54) is 0 Å². The van der Waals surface area contributed by atoms with Crippen molar-refractivity contribution in [2.75, 3.05) is 0 Å². The van der Waals surface area contributed by atoms with Crippen LogP contribution in [0.5, 0.6) is 0 Å². The van der Waals surface area contributed by atoms with E-state index in [4.69, 9.17) is 4.42 Å². The van der Waals surface area contributed by atoms with Crippen LogP contribution in [0, 0.1) is 10.8 Å². The summed E-state index contributed by atoms with van der Waals surface area (Å²) in [5.41, 5.74) is 0. The lowest BCUT2D eigenvalue weighted by atomic mass is 10.6. The predicted octanol–water partition coefficient (Wildman–Crippen LogP) is 1.23. The SMILES string of the molecule is Cc1nnc(Cn2ccnc2I)o1. The van der Waals surface area contributed by atoms with Crippen LogP contribution in [0.1, 0.15) is 11.8 Å². The maximum atomic E-state index is 5.24. The Morgan fingerprint density at radius 1 is 1.54 bits per heavy atom. The number of nitrogens with zero attached hydrogens (tertiary/aromatic N) is 4. The van der Waals surface area contributed by atoms with Gasteiger partial charge in [0.2, 0.25) is 11.8 Å². The molecule has 2 aromatic rings. The van der Waals surface area contributed by atoms with E-state index >= 15 is 0 Å². The van der Waals surface area contributed by atoms with Crippen LogP contribution in [0.3, 0.4) is 0 Å². The number of aromatic nitrogens is 4. The van der Waals surface area contributed by atoms with Crippen molar-refractivity contribution in [3.8, 4) is 0 Å². The van der Waals surface area contributed by atoms with Crippen LogP contribution in [-0.4, -0.2) is 19.7 Å². The molecule has 0 saturated heterocycles. The van der Waals surface area contributed by atoms with Gasteiger partial charge in [-0.25, -0.2) is 4.98 Å². The first-order valence-corrected chi connectivity index (χ1v) is 4.79. The summed E-state index contributed by atoms with van der Waals surface area (Å²) in [4.78, 5) is 4.08. The fourth-order valence-electron chi connectivity index (χ4n) is 0.976. The van der Waals surface area contributed by atoms with Gasteiger partial charge in [0.15, 0.2) is 3.83 Å².